The highest BCUT2D eigenvalue weighted by Gasteiger charge is 2.43. The second-order valence-corrected chi connectivity index (χ2v) is 9.58. The molecule has 0 fully saturated rings. The third kappa shape index (κ3) is 6.10. The molecule has 0 amide bonds. The van der Waals surface area contributed by atoms with Crippen molar-refractivity contribution in [3.8, 4) is 0 Å². The van der Waals surface area contributed by atoms with Gasteiger partial charge in [0.25, 0.3) is 0 Å². The van der Waals surface area contributed by atoms with E-state index >= 15 is 0 Å². The van der Waals surface area contributed by atoms with Gasteiger partial charge in [-0.25, -0.2) is 0 Å². The van der Waals surface area contributed by atoms with Gasteiger partial charge in [-0.05, 0) is 39.7 Å². The van der Waals surface area contributed by atoms with Crippen LogP contribution in [0.15, 0.2) is 60.7 Å². The Kier molecular flexibility index (Phi) is 8.35. The minimum Gasteiger partial charge on any atom is -0.365 e. The van der Waals surface area contributed by atoms with Gasteiger partial charge >= 0.3 is 7.60 Å². The summed E-state index contributed by atoms with van der Waals surface area (Å²) in [6.07, 6.45) is -0.307. The highest BCUT2D eigenvalue weighted by molar-refractivity contribution is 7.53. The lowest BCUT2D eigenvalue weighted by molar-refractivity contribution is -0.00422. The van der Waals surface area contributed by atoms with Crippen LogP contribution in [0, 0.1) is 0 Å². The Bertz CT molecular complexity index is 806. The summed E-state index contributed by atoms with van der Waals surface area (Å²) in [5.41, 5.74) is -0.0570. The van der Waals surface area contributed by atoms with Crippen LogP contribution in [0.5, 0.6) is 0 Å². The fourth-order valence-electron chi connectivity index (χ4n) is 3.30. The van der Waals surface area contributed by atoms with E-state index in [0.29, 0.717) is 11.1 Å². The molecule has 2 aromatic rings. The third-order valence-electron chi connectivity index (χ3n) is 4.47. The molecule has 0 aliphatic rings. The summed E-state index contributed by atoms with van der Waals surface area (Å²) in [6.45, 7) is 7.25. The van der Waals surface area contributed by atoms with Crippen molar-refractivity contribution in [2.24, 2.45) is 0 Å². The lowest BCUT2D eigenvalue weighted by Crippen LogP contribution is -2.39. The molecular formula is C23H31O5P. The molecule has 0 saturated carbocycles. The molecule has 0 heterocycles. The monoisotopic (exact) mass is 418 g/mol. The van der Waals surface area contributed by atoms with Crippen molar-refractivity contribution in [1.82, 2.24) is 0 Å². The smallest absolute Gasteiger partial charge is 0.331 e. The number of carbonyl (C=O) groups excluding carboxylic acids is 1. The summed E-state index contributed by atoms with van der Waals surface area (Å²) >= 11 is 0. The molecule has 2 rings (SSSR count). The van der Waals surface area contributed by atoms with Crippen LogP contribution in [0.25, 0.3) is 0 Å². The zero-order chi connectivity index (χ0) is 21.5. The lowest BCUT2D eigenvalue weighted by Gasteiger charge is -2.33. The van der Waals surface area contributed by atoms with E-state index in [4.69, 9.17) is 13.8 Å². The number of rotatable bonds is 11. The van der Waals surface area contributed by atoms with Gasteiger partial charge in [-0.2, -0.15) is 0 Å². The highest BCUT2D eigenvalue weighted by atomic mass is 31.2. The Balaban J connectivity index is 2.45. The van der Waals surface area contributed by atoms with Gasteiger partial charge in [0, 0.05) is 12.7 Å². The zero-order valence-corrected chi connectivity index (χ0v) is 18.7. The fraction of sp³-hybridized carbons (Fsp3) is 0.435. The topological polar surface area (TPSA) is 61.8 Å². The largest absolute Gasteiger partial charge is 0.365 e. The number of ketones is 1. The Labute approximate surface area is 173 Å². The first-order valence-electron chi connectivity index (χ1n) is 9.89. The van der Waals surface area contributed by atoms with Gasteiger partial charge in [-0.15, -0.1) is 0 Å². The van der Waals surface area contributed by atoms with Crippen LogP contribution >= 0.6 is 7.60 Å². The molecule has 0 N–H and O–H groups in total. The van der Waals surface area contributed by atoms with Crippen molar-refractivity contribution < 1.29 is 23.1 Å². The molecule has 29 heavy (non-hydrogen) atoms. The van der Waals surface area contributed by atoms with E-state index in [1.807, 2.05) is 76.2 Å². The van der Waals surface area contributed by atoms with Gasteiger partial charge in [0.15, 0.2) is 11.4 Å². The normalized spacial score (nSPS) is 14.2. The fourth-order valence-corrected chi connectivity index (χ4v) is 5.43. The Hall–Kier alpha value is -1.78. The predicted molar refractivity (Wildman–Crippen MR) is 115 cm³/mol. The van der Waals surface area contributed by atoms with Gasteiger partial charge in [0.05, 0.1) is 18.4 Å². The summed E-state index contributed by atoms with van der Waals surface area (Å²) in [6, 6.07) is 18.3. The number of hydrogen-bond donors (Lipinski definition) is 0. The third-order valence-corrected chi connectivity index (χ3v) is 6.73. The maximum absolute atomic E-state index is 13.6. The first-order valence-corrected chi connectivity index (χ1v) is 11.6. The Morgan fingerprint density at radius 2 is 1.38 bits per heavy atom. The minimum absolute atomic E-state index is 0.0602. The average molecular weight is 418 g/mol. The molecule has 1 unspecified atom stereocenters. The molecule has 158 valence electrons. The number of methoxy groups -OCH3 is 1. The van der Waals surface area contributed by atoms with E-state index in [-0.39, 0.29) is 30.6 Å². The first-order chi connectivity index (χ1) is 13.7. The van der Waals surface area contributed by atoms with Crippen molar-refractivity contribution in [3.05, 3.63) is 71.8 Å². The minimum atomic E-state index is -3.43. The number of carbonyl (C=O) groups is 1. The van der Waals surface area contributed by atoms with E-state index in [9.17, 15) is 9.36 Å². The van der Waals surface area contributed by atoms with E-state index in [2.05, 4.69) is 0 Å². The first kappa shape index (κ1) is 23.5. The van der Waals surface area contributed by atoms with Gasteiger partial charge < -0.3 is 13.8 Å². The molecular weight excluding hydrogens is 387 g/mol. The zero-order valence-electron chi connectivity index (χ0n) is 17.8. The van der Waals surface area contributed by atoms with Crippen molar-refractivity contribution in [2.45, 2.75) is 51.9 Å². The Morgan fingerprint density at radius 3 is 1.83 bits per heavy atom. The number of benzene rings is 2. The lowest BCUT2D eigenvalue weighted by atomic mass is 9.83. The van der Waals surface area contributed by atoms with Crippen LogP contribution in [0.3, 0.4) is 0 Å². The van der Waals surface area contributed by atoms with Crippen LogP contribution in [-0.2, 0) is 24.0 Å². The van der Waals surface area contributed by atoms with Gasteiger partial charge in [0.1, 0.15) is 0 Å². The summed E-state index contributed by atoms with van der Waals surface area (Å²) in [5, 5.41) is 0. The standard InChI is InChI=1S/C23H31O5P/c1-18(2)27-29(25,28-19(3)4)17-16-23(26-5,21-14-10-7-11-15-21)22(24)20-12-8-6-9-13-20/h6-15,18-19H,16-17H2,1-5H3. The molecule has 0 saturated heterocycles. The quantitative estimate of drug-likeness (QED) is 0.339. The molecule has 2 aromatic carbocycles. The van der Waals surface area contributed by atoms with Crippen LogP contribution in [0.1, 0.15) is 50.0 Å². The summed E-state index contributed by atoms with van der Waals surface area (Å²) in [4.78, 5) is 13.6. The van der Waals surface area contributed by atoms with E-state index in [1.54, 1.807) is 12.1 Å². The van der Waals surface area contributed by atoms with Gasteiger partial charge in [-0.1, -0.05) is 60.7 Å². The second-order valence-electron chi connectivity index (χ2n) is 7.49. The number of ether oxygens (including phenoxy) is 1. The molecule has 0 spiro atoms. The van der Waals surface area contributed by atoms with Crippen molar-refractivity contribution in [1.29, 1.82) is 0 Å². The van der Waals surface area contributed by atoms with E-state index in [0.717, 1.165) is 0 Å². The summed E-state index contributed by atoms with van der Waals surface area (Å²) in [7, 11) is -1.92. The maximum Gasteiger partial charge on any atom is 0.331 e. The van der Waals surface area contributed by atoms with Gasteiger partial charge in [0.2, 0.25) is 0 Å². The SMILES string of the molecule is COC(CCP(=O)(OC(C)C)OC(C)C)(C(=O)c1ccccc1)c1ccccc1. The molecule has 0 aromatic heterocycles. The molecule has 6 heteroatoms. The second kappa shape index (κ2) is 10.3. The van der Waals surface area contributed by atoms with Crippen LogP contribution < -0.4 is 0 Å². The van der Waals surface area contributed by atoms with Crippen LogP contribution in [0.4, 0.5) is 0 Å². The number of hydrogen-bond acceptors (Lipinski definition) is 5. The van der Waals surface area contributed by atoms with Crippen LogP contribution in [0.2, 0.25) is 0 Å². The Morgan fingerprint density at radius 1 is 0.897 bits per heavy atom. The average Bonchev–Trinajstić information content (AvgIpc) is 2.69. The van der Waals surface area contributed by atoms with Gasteiger partial charge in [-0.3, -0.25) is 9.36 Å². The van der Waals surface area contributed by atoms with Crippen LogP contribution in [-0.4, -0.2) is 31.3 Å². The van der Waals surface area contributed by atoms with Crippen molar-refractivity contribution >= 4 is 13.4 Å². The molecule has 0 bridgehead atoms. The summed E-state index contributed by atoms with van der Waals surface area (Å²) < 4.78 is 30.6. The van der Waals surface area contributed by atoms with E-state index in [1.165, 1.54) is 7.11 Å². The van der Waals surface area contributed by atoms with Crippen molar-refractivity contribution in [3.63, 3.8) is 0 Å². The molecule has 0 radical (unpaired) electrons. The highest BCUT2D eigenvalue weighted by Crippen LogP contribution is 2.53. The summed E-state index contributed by atoms with van der Waals surface area (Å²) in [5.74, 6) is -0.188. The maximum atomic E-state index is 13.6. The molecule has 0 aliphatic carbocycles. The number of Topliss-reactive ketones (excluding diaryl/α,β-unsaturated/α-hetero) is 1. The predicted octanol–water partition coefficient (Wildman–Crippen LogP) is 5.84. The van der Waals surface area contributed by atoms with E-state index < -0.39 is 13.2 Å². The molecule has 5 nitrogen and oxygen atoms in total. The van der Waals surface area contributed by atoms with Crippen molar-refractivity contribution in [2.75, 3.05) is 13.3 Å². The molecule has 0 aliphatic heterocycles. The molecule has 1 atom stereocenters.